The van der Waals surface area contributed by atoms with Gasteiger partial charge in [-0.05, 0) is 31.6 Å². The van der Waals surface area contributed by atoms with Gasteiger partial charge in [0.25, 0.3) is 0 Å². The lowest BCUT2D eigenvalue weighted by atomic mass is 9.80. The molecule has 0 spiro atoms. The third-order valence-corrected chi connectivity index (χ3v) is 3.73. The fourth-order valence-corrected chi connectivity index (χ4v) is 2.25. The van der Waals surface area contributed by atoms with Crippen LogP contribution in [0.3, 0.4) is 0 Å². The number of amides is 2. The average Bonchev–Trinajstić information content (AvgIpc) is 2.42. The van der Waals surface area contributed by atoms with Crippen molar-refractivity contribution < 1.29 is 19.4 Å². The minimum Gasteiger partial charge on any atom is -0.481 e. The van der Waals surface area contributed by atoms with E-state index in [0.717, 1.165) is 12.8 Å². The van der Waals surface area contributed by atoms with Crippen molar-refractivity contribution in [1.82, 2.24) is 10.6 Å². The Bertz CT molecular complexity index is 325. The topological polar surface area (TPSA) is 87.7 Å². The van der Waals surface area contributed by atoms with Crippen molar-refractivity contribution in [2.24, 2.45) is 11.3 Å². The zero-order chi connectivity index (χ0) is 15.0. The molecule has 0 aromatic carbocycles. The maximum Gasteiger partial charge on any atom is 0.314 e. The molecule has 3 N–H and O–H groups in total. The van der Waals surface area contributed by atoms with Crippen LogP contribution in [-0.4, -0.2) is 43.4 Å². The van der Waals surface area contributed by atoms with Crippen LogP contribution in [0.2, 0.25) is 0 Å². The van der Waals surface area contributed by atoms with Crippen molar-refractivity contribution in [2.75, 3.05) is 26.3 Å². The summed E-state index contributed by atoms with van der Waals surface area (Å²) in [7, 11) is 0. The molecule has 2 amide bonds. The third-order valence-electron chi connectivity index (χ3n) is 3.73. The summed E-state index contributed by atoms with van der Waals surface area (Å²) in [5.41, 5.74) is -0.881. The Morgan fingerprint density at radius 1 is 1.25 bits per heavy atom. The highest BCUT2D eigenvalue weighted by Gasteiger charge is 2.40. The first-order chi connectivity index (χ1) is 9.46. The number of hydrogen-bond acceptors (Lipinski definition) is 3. The third kappa shape index (κ3) is 5.36. The van der Waals surface area contributed by atoms with Crippen LogP contribution in [0.4, 0.5) is 4.79 Å². The summed E-state index contributed by atoms with van der Waals surface area (Å²) in [6.07, 6.45) is 2.88. The van der Waals surface area contributed by atoms with E-state index in [1.54, 1.807) is 0 Å². The van der Waals surface area contributed by atoms with Crippen molar-refractivity contribution in [3.63, 3.8) is 0 Å². The van der Waals surface area contributed by atoms with Gasteiger partial charge in [-0.25, -0.2) is 4.79 Å². The van der Waals surface area contributed by atoms with Crippen LogP contribution >= 0.6 is 0 Å². The molecule has 1 rings (SSSR count). The number of urea groups is 1. The number of rotatable bonds is 7. The summed E-state index contributed by atoms with van der Waals surface area (Å²) in [6.45, 7) is 5.92. The number of carbonyl (C=O) groups excluding carboxylic acids is 1. The predicted octanol–water partition coefficient (Wildman–Crippen LogP) is 1.60. The van der Waals surface area contributed by atoms with Gasteiger partial charge in [0.15, 0.2) is 0 Å². The van der Waals surface area contributed by atoms with Crippen LogP contribution in [0.25, 0.3) is 0 Å². The minimum absolute atomic E-state index is 0.154. The zero-order valence-corrected chi connectivity index (χ0v) is 12.4. The predicted molar refractivity (Wildman–Crippen MR) is 75.6 cm³/mol. The Morgan fingerprint density at radius 2 is 1.90 bits per heavy atom. The molecule has 1 aliphatic heterocycles. The number of ether oxygens (including phenoxy) is 1. The minimum atomic E-state index is -0.881. The summed E-state index contributed by atoms with van der Waals surface area (Å²) in [5, 5.41) is 14.8. The number of carboxylic acid groups (broad SMARTS) is 1. The molecule has 1 heterocycles. The van der Waals surface area contributed by atoms with E-state index in [1.165, 1.54) is 0 Å². The largest absolute Gasteiger partial charge is 0.481 e. The van der Waals surface area contributed by atoms with Crippen molar-refractivity contribution >= 4 is 12.0 Å². The molecule has 1 fully saturated rings. The Balaban J connectivity index is 2.29. The van der Waals surface area contributed by atoms with Crippen molar-refractivity contribution in [3.05, 3.63) is 0 Å². The van der Waals surface area contributed by atoms with Crippen LogP contribution < -0.4 is 10.6 Å². The highest BCUT2D eigenvalue weighted by Crippen LogP contribution is 2.29. The molecular weight excluding hydrogens is 260 g/mol. The van der Waals surface area contributed by atoms with Crippen LogP contribution in [-0.2, 0) is 9.53 Å². The molecule has 0 unspecified atom stereocenters. The molecule has 0 aromatic rings. The van der Waals surface area contributed by atoms with Gasteiger partial charge in [-0.1, -0.05) is 13.8 Å². The van der Waals surface area contributed by atoms with Gasteiger partial charge in [-0.3, -0.25) is 4.79 Å². The average molecular weight is 286 g/mol. The van der Waals surface area contributed by atoms with Gasteiger partial charge < -0.3 is 20.5 Å². The Labute approximate surface area is 120 Å². The van der Waals surface area contributed by atoms with Crippen LogP contribution in [0.15, 0.2) is 0 Å². The maximum atomic E-state index is 11.6. The molecule has 1 saturated heterocycles. The van der Waals surface area contributed by atoms with Gasteiger partial charge in [0.1, 0.15) is 0 Å². The molecule has 0 saturated carbocycles. The summed E-state index contributed by atoms with van der Waals surface area (Å²) >= 11 is 0. The SMILES string of the molecule is CC(C)CCCNC(=O)NCC1(C(=O)O)CCOCC1. The standard InChI is InChI=1S/C14H26N2O4/c1-11(2)4-3-7-15-13(19)16-10-14(12(17)18)5-8-20-9-6-14/h11H,3-10H2,1-2H3,(H,17,18)(H2,15,16,19). The van der Waals surface area contributed by atoms with Crippen LogP contribution in [0.1, 0.15) is 39.5 Å². The van der Waals surface area contributed by atoms with E-state index in [9.17, 15) is 14.7 Å². The second-order valence-corrected chi connectivity index (χ2v) is 5.84. The van der Waals surface area contributed by atoms with E-state index in [4.69, 9.17) is 4.74 Å². The Morgan fingerprint density at radius 3 is 2.45 bits per heavy atom. The second kappa shape index (κ2) is 8.09. The number of aliphatic carboxylic acids is 1. The van der Waals surface area contributed by atoms with Crippen molar-refractivity contribution in [3.8, 4) is 0 Å². The molecule has 0 bridgehead atoms. The quantitative estimate of drug-likeness (QED) is 0.620. The van der Waals surface area contributed by atoms with E-state index in [1.807, 2.05) is 0 Å². The fraction of sp³-hybridized carbons (Fsp3) is 0.857. The summed E-state index contributed by atoms with van der Waals surface area (Å²) in [6, 6.07) is -0.291. The Hall–Kier alpha value is -1.30. The van der Waals surface area contributed by atoms with Gasteiger partial charge in [0.2, 0.25) is 0 Å². The first-order valence-corrected chi connectivity index (χ1v) is 7.29. The number of carbonyl (C=O) groups is 2. The maximum absolute atomic E-state index is 11.6. The van der Waals surface area contributed by atoms with Gasteiger partial charge in [0.05, 0.1) is 5.41 Å². The smallest absolute Gasteiger partial charge is 0.314 e. The van der Waals surface area contributed by atoms with Gasteiger partial charge in [0, 0.05) is 26.3 Å². The molecule has 1 aliphatic rings. The van der Waals surface area contributed by atoms with E-state index < -0.39 is 11.4 Å². The molecule has 20 heavy (non-hydrogen) atoms. The van der Waals surface area contributed by atoms with Gasteiger partial charge >= 0.3 is 12.0 Å². The lowest BCUT2D eigenvalue weighted by molar-refractivity contribution is -0.154. The first-order valence-electron chi connectivity index (χ1n) is 7.29. The fourth-order valence-electron chi connectivity index (χ4n) is 2.25. The number of hydrogen-bond donors (Lipinski definition) is 3. The van der Waals surface area contributed by atoms with Gasteiger partial charge in [-0.15, -0.1) is 0 Å². The zero-order valence-electron chi connectivity index (χ0n) is 12.4. The molecule has 6 heteroatoms. The number of carboxylic acids is 1. The van der Waals surface area contributed by atoms with Gasteiger partial charge in [-0.2, -0.15) is 0 Å². The number of nitrogens with one attached hydrogen (secondary N) is 2. The molecule has 6 nitrogen and oxygen atoms in total. The molecule has 0 atom stereocenters. The van der Waals surface area contributed by atoms with Crippen LogP contribution in [0.5, 0.6) is 0 Å². The lowest BCUT2D eigenvalue weighted by Crippen LogP contribution is -2.48. The lowest BCUT2D eigenvalue weighted by Gasteiger charge is -2.33. The second-order valence-electron chi connectivity index (χ2n) is 5.84. The molecular formula is C14H26N2O4. The summed E-state index contributed by atoms with van der Waals surface area (Å²) < 4.78 is 5.19. The first kappa shape index (κ1) is 16.8. The highest BCUT2D eigenvalue weighted by molar-refractivity contribution is 5.78. The highest BCUT2D eigenvalue weighted by atomic mass is 16.5. The normalized spacial score (nSPS) is 17.8. The van der Waals surface area contributed by atoms with E-state index in [0.29, 0.717) is 38.5 Å². The monoisotopic (exact) mass is 286 g/mol. The molecule has 0 aliphatic carbocycles. The van der Waals surface area contributed by atoms with E-state index in [-0.39, 0.29) is 12.6 Å². The van der Waals surface area contributed by atoms with E-state index in [2.05, 4.69) is 24.5 Å². The van der Waals surface area contributed by atoms with Crippen molar-refractivity contribution in [1.29, 1.82) is 0 Å². The Kier molecular flexibility index (Phi) is 6.78. The summed E-state index contributed by atoms with van der Waals surface area (Å²) in [4.78, 5) is 23.0. The molecule has 0 aromatic heterocycles. The summed E-state index contributed by atoms with van der Waals surface area (Å²) in [5.74, 6) is -0.238. The molecule has 116 valence electrons. The van der Waals surface area contributed by atoms with Crippen molar-refractivity contribution in [2.45, 2.75) is 39.5 Å². The van der Waals surface area contributed by atoms with Crippen LogP contribution in [0, 0.1) is 11.3 Å². The van der Waals surface area contributed by atoms with E-state index >= 15 is 0 Å². The molecule has 0 radical (unpaired) electrons.